The molecule has 27 heavy (non-hydrogen) atoms. The van der Waals surface area contributed by atoms with E-state index in [0.717, 1.165) is 17.7 Å². The monoisotopic (exact) mass is 380 g/mol. The summed E-state index contributed by atoms with van der Waals surface area (Å²) in [7, 11) is 0. The molecule has 0 radical (unpaired) electrons. The van der Waals surface area contributed by atoms with E-state index < -0.39 is 5.60 Å². The van der Waals surface area contributed by atoms with Crippen molar-refractivity contribution in [3.05, 3.63) is 89.2 Å². The van der Waals surface area contributed by atoms with Gasteiger partial charge in [-0.25, -0.2) is 0 Å². The molecule has 0 aliphatic rings. The molecule has 5 heteroatoms. The van der Waals surface area contributed by atoms with Crippen LogP contribution in [-0.4, -0.2) is 16.5 Å². The molecule has 1 aromatic heterocycles. The second kappa shape index (κ2) is 8.23. The molecule has 1 heterocycles. The van der Waals surface area contributed by atoms with Crippen LogP contribution in [0.4, 0.5) is 5.69 Å². The number of nitrogens with one attached hydrogen (secondary N) is 1. The van der Waals surface area contributed by atoms with Crippen molar-refractivity contribution in [3.63, 3.8) is 0 Å². The zero-order valence-electron chi connectivity index (χ0n) is 15.3. The van der Waals surface area contributed by atoms with Crippen LogP contribution in [0.5, 0.6) is 5.75 Å². The maximum atomic E-state index is 12.6. The minimum Gasteiger partial charge on any atom is -0.478 e. The zero-order valence-corrected chi connectivity index (χ0v) is 16.0. The van der Waals surface area contributed by atoms with E-state index in [2.05, 4.69) is 10.3 Å². The summed E-state index contributed by atoms with van der Waals surface area (Å²) < 4.78 is 5.82. The summed E-state index contributed by atoms with van der Waals surface area (Å²) in [6.45, 7) is 3.46. The van der Waals surface area contributed by atoms with Crippen molar-refractivity contribution in [1.29, 1.82) is 0 Å². The Morgan fingerprint density at radius 1 is 0.963 bits per heavy atom. The van der Waals surface area contributed by atoms with Gasteiger partial charge in [-0.05, 0) is 79.9 Å². The van der Waals surface area contributed by atoms with Gasteiger partial charge in [0.05, 0.1) is 0 Å². The number of carbonyl (C=O) groups excluding carboxylic acids is 1. The van der Waals surface area contributed by atoms with Gasteiger partial charge in [-0.1, -0.05) is 23.7 Å². The smallest absolute Gasteiger partial charge is 0.267 e. The number of anilines is 1. The normalized spacial score (nSPS) is 11.1. The largest absolute Gasteiger partial charge is 0.478 e. The minimum absolute atomic E-state index is 0.223. The van der Waals surface area contributed by atoms with Gasteiger partial charge >= 0.3 is 0 Å². The molecule has 0 aliphatic carbocycles. The van der Waals surface area contributed by atoms with Crippen molar-refractivity contribution in [1.82, 2.24) is 4.98 Å². The lowest BCUT2D eigenvalue weighted by Crippen LogP contribution is -2.42. The van der Waals surface area contributed by atoms with Gasteiger partial charge in [0.2, 0.25) is 0 Å². The van der Waals surface area contributed by atoms with Gasteiger partial charge in [-0.3, -0.25) is 9.78 Å². The molecule has 0 fully saturated rings. The summed E-state index contributed by atoms with van der Waals surface area (Å²) in [5, 5.41) is 3.53. The number of carbonyl (C=O) groups is 1. The van der Waals surface area contributed by atoms with Crippen LogP contribution >= 0.6 is 11.6 Å². The molecule has 4 nitrogen and oxygen atoms in total. The van der Waals surface area contributed by atoms with Gasteiger partial charge < -0.3 is 10.1 Å². The van der Waals surface area contributed by atoms with Gasteiger partial charge in [0.25, 0.3) is 5.91 Å². The number of aromatic nitrogens is 1. The SMILES string of the molecule is CC(C)(Oc1ccc(Cl)cc1)C(=O)Nc1ccc(Cc2ccncc2)cc1. The molecule has 0 unspecified atom stereocenters. The highest BCUT2D eigenvalue weighted by molar-refractivity contribution is 6.30. The highest BCUT2D eigenvalue weighted by atomic mass is 35.5. The number of pyridine rings is 1. The Labute approximate surface area is 164 Å². The van der Waals surface area contributed by atoms with Crippen molar-refractivity contribution in [2.24, 2.45) is 0 Å². The molecule has 0 atom stereocenters. The van der Waals surface area contributed by atoms with Crippen LogP contribution in [-0.2, 0) is 11.2 Å². The van der Waals surface area contributed by atoms with Crippen LogP contribution < -0.4 is 10.1 Å². The average molecular weight is 381 g/mol. The average Bonchev–Trinajstić information content (AvgIpc) is 2.66. The Balaban J connectivity index is 1.61. The lowest BCUT2D eigenvalue weighted by Gasteiger charge is -2.25. The van der Waals surface area contributed by atoms with E-state index in [0.29, 0.717) is 10.8 Å². The molecule has 2 aromatic carbocycles. The Hall–Kier alpha value is -2.85. The van der Waals surface area contributed by atoms with Gasteiger partial charge in [0, 0.05) is 23.1 Å². The van der Waals surface area contributed by atoms with Gasteiger partial charge in [-0.2, -0.15) is 0 Å². The molecule has 3 aromatic rings. The van der Waals surface area contributed by atoms with Crippen molar-refractivity contribution in [3.8, 4) is 5.75 Å². The first-order valence-electron chi connectivity index (χ1n) is 8.66. The van der Waals surface area contributed by atoms with Crippen molar-refractivity contribution >= 4 is 23.2 Å². The van der Waals surface area contributed by atoms with Crippen LogP contribution in [0.3, 0.4) is 0 Å². The second-order valence-electron chi connectivity index (χ2n) is 6.75. The molecular weight excluding hydrogens is 360 g/mol. The molecule has 0 bridgehead atoms. The fourth-order valence-electron chi connectivity index (χ4n) is 2.57. The van der Waals surface area contributed by atoms with Gasteiger partial charge in [0.15, 0.2) is 5.60 Å². The van der Waals surface area contributed by atoms with Gasteiger partial charge in [-0.15, -0.1) is 0 Å². The molecule has 1 amide bonds. The van der Waals surface area contributed by atoms with E-state index in [1.54, 1.807) is 50.5 Å². The predicted octanol–water partition coefficient (Wildman–Crippen LogP) is 5.12. The van der Waals surface area contributed by atoms with Crippen LogP contribution in [0, 0.1) is 0 Å². The molecule has 0 spiro atoms. The summed E-state index contributed by atoms with van der Waals surface area (Å²) in [5.74, 6) is 0.367. The van der Waals surface area contributed by atoms with E-state index >= 15 is 0 Å². The number of amides is 1. The highest BCUT2D eigenvalue weighted by Crippen LogP contribution is 2.22. The fraction of sp³-hybridized carbons (Fsp3) is 0.182. The number of hydrogen-bond acceptors (Lipinski definition) is 3. The summed E-state index contributed by atoms with van der Waals surface area (Å²) in [4.78, 5) is 16.6. The van der Waals surface area contributed by atoms with Crippen LogP contribution in [0.1, 0.15) is 25.0 Å². The lowest BCUT2D eigenvalue weighted by atomic mass is 10.1. The number of nitrogens with zero attached hydrogens (tertiary/aromatic N) is 1. The number of ether oxygens (including phenoxy) is 1. The van der Waals surface area contributed by atoms with Crippen molar-refractivity contribution in [2.45, 2.75) is 25.9 Å². The molecule has 138 valence electrons. The predicted molar refractivity (Wildman–Crippen MR) is 108 cm³/mol. The molecule has 0 saturated carbocycles. The Morgan fingerprint density at radius 3 is 2.19 bits per heavy atom. The first-order chi connectivity index (χ1) is 12.9. The summed E-state index contributed by atoms with van der Waals surface area (Å²) in [6, 6.07) is 18.7. The summed E-state index contributed by atoms with van der Waals surface area (Å²) in [5.41, 5.74) is 2.06. The first-order valence-corrected chi connectivity index (χ1v) is 9.04. The van der Waals surface area contributed by atoms with E-state index in [-0.39, 0.29) is 5.91 Å². The molecular formula is C22H21ClN2O2. The van der Waals surface area contributed by atoms with Crippen molar-refractivity contribution in [2.75, 3.05) is 5.32 Å². The number of rotatable bonds is 6. The first kappa shape index (κ1) is 18.9. The Morgan fingerprint density at radius 2 is 1.56 bits per heavy atom. The second-order valence-corrected chi connectivity index (χ2v) is 7.19. The third kappa shape index (κ3) is 5.31. The number of halogens is 1. The number of benzene rings is 2. The maximum Gasteiger partial charge on any atom is 0.267 e. The molecule has 0 aliphatic heterocycles. The Bertz CT molecular complexity index is 892. The zero-order chi connectivity index (χ0) is 19.3. The highest BCUT2D eigenvalue weighted by Gasteiger charge is 2.30. The summed E-state index contributed by atoms with van der Waals surface area (Å²) >= 11 is 5.88. The van der Waals surface area contributed by atoms with Crippen LogP contribution in [0.25, 0.3) is 0 Å². The van der Waals surface area contributed by atoms with E-state index in [1.165, 1.54) is 5.56 Å². The summed E-state index contributed by atoms with van der Waals surface area (Å²) in [6.07, 6.45) is 4.39. The standard InChI is InChI=1S/C22H21ClN2O2/c1-22(2,27-20-9-5-18(23)6-10-20)21(26)25-19-7-3-16(4-8-19)15-17-11-13-24-14-12-17/h3-14H,15H2,1-2H3,(H,25,26). The maximum absolute atomic E-state index is 12.6. The molecule has 1 N–H and O–H groups in total. The van der Waals surface area contributed by atoms with E-state index in [1.807, 2.05) is 36.4 Å². The molecule has 3 rings (SSSR count). The van der Waals surface area contributed by atoms with Gasteiger partial charge in [0.1, 0.15) is 5.75 Å². The third-order valence-electron chi connectivity index (χ3n) is 4.10. The topological polar surface area (TPSA) is 51.2 Å². The third-order valence-corrected chi connectivity index (χ3v) is 4.35. The van der Waals surface area contributed by atoms with Crippen molar-refractivity contribution < 1.29 is 9.53 Å². The lowest BCUT2D eigenvalue weighted by molar-refractivity contribution is -0.128. The fourth-order valence-corrected chi connectivity index (χ4v) is 2.69. The number of hydrogen-bond donors (Lipinski definition) is 1. The molecule has 0 saturated heterocycles. The van der Waals surface area contributed by atoms with E-state index in [9.17, 15) is 4.79 Å². The minimum atomic E-state index is -1.02. The van der Waals surface area contributed by atoms with E-state index in [4.69, 9.17) is 16.3 Å². The Kier molecular flexibility index (Phi) is 5.77. The van der Waals surface area contributed by atoms with Crippen LogP contribution in [0.15, 0.2) is 73.1 Å². The quantitative estimate of drug-likeness (QED) is 0.645. The van der Waals surface area contributed by atoms with Crippen LogP contribution in [0.2, 0.25) is 5.02 Å².